The molecule has 3 N–H and O–H groups in total. The zero-order valence-corrected chi connectivity index (χ0v) is 12.5. The summed E-state index contributed by atoms with van der Waals surface area (Å²) < 4.78 is 0. The summed E-state index contributed by atoms with van der Waals surface area (Å²) in [6.07, 6.45) is 2.17. The van der Waals surface area contributed by atoms with Crippen molar-refractivity contribution >= 4 is 17.5 Å². The summed E-state index contributed by atoms with van der Waals surface area (Å²) in [5.74, 6) is -0.0797. The number of hydrogen-bond acceptors (Lipinski definition) is 3. The number of piperidine rings is 1. The van der Waals surface area contributed by atoms with Gasteiger partial charge in [-0.3, -0.25) is 9.59 Å². The maximum atomic E-state index is 12.0. The molecule has 0 bridgehead atoms. The van der Waals surface area contributed by atoms with E-state index in [0.717, 1.165) is 24.1 Å². The van der Waals surface area contributed by atoms with Crippen LogP contribution in [0, 0.1) is 6.92 Å². The molecular weight excluding hydrogens is 266 g/mol. The molecule has 1 aliphatic rings. The van der Waals surface area contributed by atoms with Crippen molar-refractivity contribution in [3.05, 3.63) is 29.8 Å². The fourth-order valence-electron chi connectivity index (χ4n) is 2.47. The lowest BCUT2D eigenvalue weighted by Gasteiger charge is -2.30. The largest absolute Gasteiger partial charge is 0.343 e. The molecule has 0 saturated carbocycles. The number of likely N-dealkylation sites (tertiary alicyclic amines) is 1. The Kier molecular flexibility index (Phi) is 5.33. The summed E-state index contributed by atoms with van der Waals surface area (Å²) in [7, 11) is 0. The molecule has 5 nitrogen and oxygen atoms in total. The van der Waals surface area contributed by atoms with E-state index in [-0.39, 0.29) is 30.7 Å². The normalized spacial score (nSPS) is 15.8. The summed E-state index contributed by atoms with van der Waals surface area (Å²) in [4.78, 5) is 25.7. The highest BCUT2D eigenvalue weighted by Gasteiger charge is 2.20. The predicted molar refractivity (Wildman–Crippen MR) is 82.8 cm³/mol. The Labute approximate surface area is 125 Å². The van der Waals surface area contributed by atoms with Crippen LogP contribution in [0.3, 0.4) is 0 Å². The maximum absolute atomic E-state index is 12.0. The Morgan fingerprint density at radius 1 is 1.29 bits per heavy atom. The third-order valence-electron chi connectivity index (χ3n) is 3.76. The first kappa shape index (κ1) is 15.5. The minimum absolute atomic E-state index is 0.0429. The van der Waals surface area contributed by atoms with Crippen LogP contribution in [-0.4, -0.2) is 35.8 Å². The number of carbonyl (C=O) groups excluding carboxylic acids is 2. The van der Waals surface area contributed by atoms with Gasteiger partial charge in [0.1, 0.15) is 0 Å². The Bertz CT molecular complexity index is 508. The van der Waals surface area contributed by atoms with Crippen LogP contribution in [0.25, 0.3) is 0 Å². The number of nitrogens with two attached hydrogens (primary N) is 1. The second-order valence-electron chi connectivity index (χ2n) is 5.64. The van der Waals surface area contributed by atoms with Crippen LogP contribution in [0.4, 0.5) is 5.69 Å². The molecule has 0 unspecified atom stereocenters. The van der Waals surface area contributed by atoms with Crippen LogP contribution >= 0.6 is 0 Å². The quantitative estimate of drug-likeness (QED) is 0.885. The van der Waals surface area contributed by atoms with Crippen molar-refractivity contribution in [2.45, 2.75) is 38.6 Å². The van der Waals surface area contributed by atoms with Crippen molar-refractivity contribution in [1.29, 1.82) is 0 Å². The van der Waals surface area contributed by atoms with Crippen LogP contribution in [0.15, 0.2) is 24.3 Å². The van der Waals surface area contributed by atoms with Crippen molar-refractivity contribution in [2.24, 2.45) is 5.73 Å². The average Bonchev–Trinajstić information content (AvgIpc) is 2.45. The first-order chi connectivity index (χ1) is 10.0. The van der Waals surface area contributed by atoms with E-state index in [1.54, 1.807) is 0 Å². The molecule has 0 atom stereocenters. The van der Waals surface area contributed by atoms with Gasteiger partial charge < -0.3 is 16.0 Å². The zero-order valence-electron chi connectivity index (χ0n) is 12.5. The smallest absolute Gasteiger partial charge is 0.224 e. The highest BCUT2D eigenvalue weighted by molar-refractivity contribution is 5.93. The number of rotatable bonds is 4. The molecule has 2 amide bonds. The Morgan fingerprint density at radius 3 is 2.67 bits per heavy atom. The van der Waals surface area contributed by atoms with E-state index in [1.165, 1.54) is 0 Å². The van der Waals surface area contributed by atoms with Gasteiger partial charge >= 0.3 is 0 Å². The van der Waals surface area contributed by atoms with E-state index in [4.69, 9.17) is 5.73 Å². The molecule has 1 heterocycles. The van der Waals surface area contributed by atoms with Crippen molar-refractivity contribution < 1.29 is 9.59 Å². The minimum atomic E-state index is -0.123. The SMILES string of the molecule is Cc1cccc(NC(=O)CCC(=O)N2CCC(N)CC2)c1. The van der Waals surface area contributed by atoms with Crippen LogP contribution in [0.5, 0.6) is 0 Å². The molecular formula is C16H23N3O2. The van der Waals surface area contributed by atoms with E-state index < -0.39 is 0 Å². The molecule has 5 heteroatoms. The van der Waals surface area contributed by atoms with Gasteiger partial charge in [0.15, 0.2) is 0 Å². The molecule has 1 aliphatic heterocycles. The van der Waals surface area contributed by atoms with Crippen molar-refractivity contribution in [3.8, 4) is 0 Å². The lowest BCUT2D eigenvalue weighted by molar-refractivity contribution is -0.133. The standard InChI is InChI=1S/C16H23N3O2/c1-12-3-2-4-14(11-12)18-15(20)5-6-16(21)19-9-7-13(17)8-10-19/h2-4,11,13H,5-10,17H2,1H3,(H,18,20). The van der Waals surface area contributed by atoms with Crippen LogP contribution in [-0.2, 0) is 9.59 Å². The van der Waals surface area contributed by atoms with Gasteiger partial charge in [0, 0.05) is 37.7 Å². The zero-order chi connectivity index (χ0) is 15.2. The average molecular weight is 289 g/mol. The van der Waals surface area contributed by atoms with E-state index in [1.807, 2.05) is 36.1 Å². The summed E-state index contributed by atoms with van der Waals surface area (Å²) in [5, 5.41) is 2.82. The molecule has 1 aromatic carbocycles. The first-order valence-electron chi connectivity index (χ1n) is 7.44. The summed E-state index contributed by atoms with van der Waals surface area (Å²) in [6.45, 7) is 3.39. The van der Waals surface area contributed by atoms with Gasteiger partial charge in [0.2, 0.25) is 11.8 Å². The number of aryl methyl sites for hydroxylation is 1. The fraction of sp³-hybridized carbons (Fsp3) is 0.500. The highest BCUT2D eigenvalue weighted by Crippen LogP contribution is 2.12. The minimum Gasteiger partial charge on any atom is -0.343 e. The third kappa shape index (κ3) is 4.86. The highest BCUT2D eigenvalue weighted by atomic mass is 16.2. The molecule has 1 saturated heterocycles. The number of nitrogens with zero attached hydrogens (tertiary/aromatic N) is 1. The van der Waals surface area contributed by atoms with Crippen LogP contribution in [0.2, 0.25) is 0 Å². The lowest BCUT2D eigenvalue weighted by Crippen LogP contribution is -2.43. The molecule has 21 heavy (non-hydrogen) atoms. The number of benzene rings is 1. The van der Waals surface area contributed by atoms with Gasteiger partial charge in [0.25, 0.3) is 0 Å². The number of amides is 2. The van der Waals surface area contributed by atoms with Crippen molar-refractivity contribution in [2.75, 3.05) is 18.4 Å². The maximum Gasteiger partial charge on any atom is 0.224 e. The van der Waals surface area contributed by atoms with Crippen LogP contribution in [0.1, 0.15) is 31.2 Å². The number of hydrogen-bond donors (Lipinski definition) is 2. The second kappa shape index (κ2) is 7.22. The van der Waals surface area contributed by atoms with E-state index in [0.29, 0.717) is 13.1 Å². The molecule has 0 spiro atoms. The Balaban J connectivity index is 1.75. The first-order valence-corrected chi connectivity index (χ1v) is 7.44. The monoisotopic (exact) mass is 289 g/mol. The van der Waals surface area contributed by atoms with Gasteiger partial charge in [-0.05, 0) is 37.5 Å². The summed E-state index contributed by atoms with van der Waals surface area (Å²) in [6, 6.07) is 7.83. The summed E-state index contributed by atoms with van der Waals surface area (Å²) >= 11 is 0. The Morgan fingerprint density at radius 2 is 2.00 bits per heavy atom. The van der Waals surface area contributed by atoms with Gasteiger partial charge in [0.05, 0.1) is 0 Å². The van der Waals surface area contributed by atoms with Gasteiger partial charge in [-0.2, -0.15) is 0 Å². The van der Waals surface area contributed by atoms with Crippen molar-refractivity contribution in [1.82, 2.24) is 4.90 Å². The molecule has 1 aromatic rings. The molecule has 2 rings (SSSR count). The molecule has 0 aliphatic carbocycles. The predicted octanol–water partition coefficient (Wildman–Crippen LogP) is 1.66. The van der Waals surface area contributed by atoms with Gasteiger partial charge in [-0.1, -0.05) is 12.1 Å². The molecule has 0 radical (unpaired) electrons. The van der Waals surface area contributed by atoms with Crippen LogP contribution < -0.4 is 11.1 Å². The molecule has 0 aromatic heterocycles. The topological polar surface area (TPSA) is 75.4 Å². The van der Waals surface area contributed by atoms with E-state index in [2.05, 4.69) is 5.32 Å². The van der Waals surface area contributed by atoms with Gasteiger partial charge in [-0.25, -0.2) is 0 Å². The summed E-state index contributed by atoms with van der Waals surface area (Å²) in [5.41, 5.74) is 7.68. The third-order valence-corrected chi connectivity index (χ3v) is 3.76. The van der Waals surface area contributed by atoms with Gasteiger partial charge in [-0.15, -0.1) is 0 Å². The molecule has 114 valence electrons. The van der Waals surface area contributed by atoms with E-state index in [9.17, 15) is 9.59 Å². The second-order valence-corrected chi connectivity index (χ2v) is 5.64. The van der Waals surface area contributed by atoms with E-state index >= 15 is 0 Å². The lowest BCUT2D eigenvalue weighted by atomic mass is 10.1. The number of anilines is 1. The number of carbonyl (C=O) groups is 2. The Hall–Kier alpha value is -1.88. The fourth-order valence-corrected chi connectivity index (χ4v) is 2.47. The molecule has 1 fully saturated rings. The van der Waals surface area contributed by atoms with Crippen molar-refractivity contribution in [3.63, 3.8) is 0 Å². The number of nitrogens with one attached hydrogen (secondary N) is 1.